The lowest BCUT2D eigenvalue weighted by atomic mass is 10.1. The van der Waals surface area contributed by atoms with Gasteiger partial charge in [-0.2, -0.15) is 0 Å². The van der Waals surface area contributed by atoms with E-state index in [2.05, 4.69) is 0 Å². The van der Waals surface area contributed by atoms with Crippen LogP contribution in [-0.2, 0) is 4.74 Å². The second-order valence-electron chi connectivity index (χ2n) is 2.05. The number of allylic oxidation sites excluding steroid dienone is 2. The van der Waals surface area contributed by atoms with Gasteiger partial charge in [0, 0.05) is 7.11 Å². The Morgan fingerprint density at radius 3 is 2.60 bits per heavy atom. The summed E-state index contributed by atoms with van der Waals surface area (Å²) >= 11 is 11.7. The Hall–Kier alpha value is 0.0200. The van der Waals surface area contributed by atoms with Gasteiger partial charge in [-0.15, -0.1) is 11.6 Å². The van der Waals surface area contributed by atoms with Crippen LogP contribution in [0.15, 0.2) is 24.3 Å². The Morgan fingerprint density at radius 1 is 1.50 bits per heavy atom. The summed E-state index contributed by atoms with van der Waals surface area (Å²) in [6.07, 6.45) is 7.18. The maximum Gasteiger partial charge on any atom is 0.180 e. The van der Waals surface area contributed by atoms with Crippen LogP contribution in [0.2, 0.25) is 0 Å². The molecule has 2 atom stereocenters. The minimum Gasteiger partial charge on any atom is -0.357 e. The quantitative estimate of drug-likeness (QED) is 0.561. The molecule has 1 aliphatic carbocycles. The molecule has 0 amide bonds. The van der Waals surface area contributed by atoms with Crippen LogP contribution in [0.1, 0.15) is 0 Å². The van der Waals surface area contributed by atoms with Crippen LogP contribution in [-0.4, -0.2) is 17.5 Å². The smallest absolute Gasteiger partial charge is 0.180 e. The highest BCUT2D eigenvalue weighted by atomic mass is 35.5. The number of halogens is 2. The third-order valence-electron chi connectivity index (χ3n) is 1.40. The summed E-state index contributed by atoms with van der Waals surface area (Å²) < 4.78 is 4.99. The number of hydrogen-bond donors (Lipinski definition) is 0. The van der Waals surface area contributed by atoms with Crippen molar-refractivity contribution in [3.05, 3.63) is 24.3 Å². The van der Waals surface area contributed by atoms with E-state index in [0.717, 1.165) is 0 Å². The lowest BCUT2D eigenvalue weighted by Crippen LogP contribution is -2.32. The fourth-order valence-corrected chi connectivity index (χ4v) is 1.14. The van der Waals surface area contributed by atoms with Gasteiger partial charge < -0.3 is 4.74 Å². The van der Waals surface area contributed by atoms with Crippen LogP contribution < -0.4 is 0 Å². The first-order valence-corrected chi connectivity index (χ1v) is 3.74. The molecule has 0 radical (unpaired) electrons. The Labute approximate surface area is 70.3 Å². The van der Waals surface area contributed by atoms with Gasteiger partial charge in [0.1, 0.15) is 0 Å². The number of hydrogen-bond acceptors (Lipinski definition) is 1. The molecule has 0 aromatic rings. The third kappa shape index (κ3) is 1.36. The Bertz CT molecular complexity index is 176. The average molecular weight is 179 g/mol. The van der Waals surface area contributed by atoms with Gasteiger partial charge in [0.15, 0.2) is 5.06 Å². The fraction of sp³-hybridized carbons (Fsp3) is 0.429. The normalized spacial score (nSPS) is 38.5. The van der Waals surface area contributed by atoms with Gasteiger partial charge in [0.2, 0.25) is 0 Å². The van der Waals surface area contributed by atoms with Gasteiger partial charge in [-0.05, 0) is 6.08 Å². The van der Waals surface area contributed by atoms with E-state index in [1.807, 2.05) is 12.2 Å². The average Bonchev–Trinajstić information content (AvgIpc) is 1.96. The van der Waals surface area contributed by atoms with E-state index in [0.29, 0.717) is 0 Å². The molecule has 0 heterocycles. The molecule has 56 valence electrons. The Balaban J connectivity index is 2.77. The molecule has 0 spiro atoms. The zero-order valence-electron chi connectivity index (χ0n) is 5.55. The molecule has 0 saturated heterocycles. The van der Waals surface area contributed by atoms with Crippen molar-refractivity contribution in [1.29, 1.82) is 0 Å². The van der Waals surface area contributed by atoms with Gasteiger partial charge >= 0.3 is 0 Å². The molecule has 0 bridgehead atoms. The monoisotopic (exact) mass is 178 g/mol. The molecule has 0 aromatic carbocycles. The first-order chi connectivity index (χ1) is 4.69. The van der Waals surface area contributed by atoms with Crippen LogP contribution >= 0.6 is 23.2 Å². The molecular formula is C7H8Cl2O. The van der Waals surface area contributed by atoms with Crippen molar-refractivity contribution >= 4 is 23.2 Å². The van der Waals surface area contributed by atoms with E-state index in [-0.39, 0.29) is 5.38 Å². The predicted octanol–water partition coefficient (Wildman–Crippen LogP) is 2.30. The lowest BCUT2D eigenvalue weighted by Gasteiger charge is -2.26. The van der Waals surface area contributed by atoms with E-state index < -0.39 is 5.06 Å². The molecule has 1 rings (SSSR count). The molecule has 0 aliphatic heterocycles. The standard InChI is InChI=1S/C7H8Cl2O/c1-10-7(9)5-3-2-4-6(7)8/h2-6H,1H3. The summed E-state index contributed by atoms with van der Waals surface area (Å²) in [6, 6.07) is 0. The van der Waals surface area contributed by atoms with Crippen molar-refractivity contribution < 1.29 is 4.74 Å². The molecule has 1 nitrogen and oxygen atoms in total. The van der Waals surface area contributed by atoms with Crippen LogP contribution in [0.4, 0.5) is 0 Å². The largest absolute Gasteiger partial charge is 0.357 e. The predicted molar refractivity (Wildman–Crippen MR) is 43.5 cm³/mol. The summed E-state index contributed by atoms with van der Waals surface area (Å²) in [5, 5.41) is -1.14. The minimum atomic E-state index is -0.851. The highest BCUT2D eigenvalue weighted by molar-refractivity contribution is 6.33. The first-order valence-electron chi connectivity index (χ1n) is 2.93. The summed E-state index contributed by atoms with van der Waals surface area (Å²) in [4.78, 5) is 0. The van der Waals surface area contributed by atoms with Crippen LogP contribution in [0.3, 0.4) is 0 Å². The molecule has 0 fully saturated rings. The maximum atomic E-state index is 5.92. The van der Waals surface area contributed by atoms with Gasteiger partial charge in [-0.3, -0.25) is 0 Å². The number of rotatable bonds is 1. The summed E-state index contributed by atoms with van der Waals surface area (Å²) in [7, 11) is 1.53. The third-order valence-corrected chi connectivity index (χ3v) is 2.50. The first kappa shape index (κ1) is 8.12. The van der Waals surface area contributed by atoms with E-state index in [4.69, 9.17) is 27.9 Å². The number of alkyl halides is 2. The SMILES string of the molecule is COC1(Cl)C=CC=CC1Cl. The van der Waals surface area contributed by atoms with Gasteiger partial charge in [0.05, 0.1) is 5.38 Å². The van der Waals surface area contributed by atoms with Crippen LogP contribution in [0.25, 0.3) is 0 Å². The Morgan fingerprint density at radius 2 is 2.20 bits per heavy atom. The summed E-state index contributed by atoms with van der Waals surface area (Å²) in [5.41, 5.74) is 0. The van der Waals surface area contributed by atoms with Crippen molar-refractivity contribution in [2.45, 2.75) is 10.4 Å². The highest BCUT2D eigenvalue weighted by Gasteiger charge is 2.32. The van der Waals surface area contributed by atoms with E-state index >= 15 is 0 Å². The topological polar surface area (TPSA) is 9.23 Å². The van der Waals surface area contributed by atoms with Gasteiger partial charge in [-0.1, -0.05) is 29.8 Å². The maximum absolute atomic E-state index is 5.92. The van der Waals surface area contributed by atoms with Crippen LogP contribution in [0.5, 0.6) is 0 Å². The summed E-state index contributed by atoms with van der Waals surface area (Å²) in [5.74, 6) is 0. The molecule has 0 saturated carbocycles. The Kier molecular flexibility index (Phi) is 2.40. The van der Waals surface area contributed by atoms with Crippen molar-refractivity contribution in [2.24, 2.45) is 0 Å². The molecular weight excluding hydrogens is 171 g/mol. The van der Waals surface area contributed by atoms with E-state index in [1.54, 1.807) is 12.2 Å². The molecule has 0 N–H and O–H groups in total. The van der Waals surface area contributed by atoms with E-state index in [1.165, 1.54) is 7.11 Å². The zero-order valence-corrected chi connectivity index (χ0v) is 7.06. The van der Waals surface area contributed by atoms with Crippen molar-refractivity contribution in [1.82, 2.24) is 0 Å². The molecule has 1 aliphatic rings. The lowest BCUT2D eigenvalue weighted by molar-refractivity contribution is 0.109. The molecule has 3 heteroatoms. The molecule has 0 aromatic heterocycles. The zero-order chi connectivity index (χ0) is 7.61. The van der Waals surface area contributed by atoms with Crippen LogP contribution in [0, 0.1) is 0 Å². The fourth-order valence-electron chi connectivity index (χ4n) is 0.752. The van der Waals surface area contributed by atoms with Gasteiger partial charge in [0.25, 0.3) is 0 Å². The van der Waals surface area contributed by atoms with Gasteiger partial charge in [-0.25, -0.2) is 0 Å². The number of ether oxygens (including phenoxy) is 1. The number of methoxy groups -OCH3 is 1. The van der Waals surface area contributed by atoms with Crippen molar-refractivity contribution in [3.63, 3.8) is 0 Å². The van der Waals surface area contributed by atoms with Crippen molar-refractivity contribution in [2.75, 3.05) is 7.11 Å². The molecule has 10 heavy (non-hydrogen) atoms. The minimum absolute atomic E-state index is 0.288. The van der Waals surface area contributed by atoms with Crippen molar-refractivity contribution in [3.8, 4) is 0 Å². The second kappa shape index (κ2) is 2.95. The summed E-state index contributed by atoms with van der Waals surface area (Å²) in [6.45, 7) is 0. The second-order valence-corrected chi connectivity index (χ2v) is 3.11. The molecule has 2 unspecified atom stereocenters. The van der Waals surface area contributed by atoms with E-state index in [9.17, 15) is 0 Å². The highest BCUT2D eigenvalue weighted by Crippen LogP contribution is 2.30.